The van der Waals surface area contributed by atoms with Crippen LogP contribution in [-0.4, -0.2) is 15.8 Å². The molecule has 5 nitrogen and oxygen atoms in total. The van der Waals surface area contributed by atoms with Crippen molar-refractivity contribution in [2.24, 2.45) is 0 Å². The van der Waals surface area contributed by atoms with Gasteiger partial charge in [0.2, 0.25) is 0 Å². The van der Waals surface area contributed by atoms with E-state index in [-0.39, 0.29) is 6.71 Å². The molecule has 19 rings (SSSR count). The Morgan fingerprint density at radius 3 is 1.27 bits per heavy atom. The van der Waals surface area contributed by atoms with Crippen molar-refractivity contribution in [1.82, 2.24) is 9.13 Å². The van der Waals surface area contributed by atoms with Crippen LogP contribution < -0.4 is 30.9 Å². The molecule has 0 fully saturated rings. The smallest absolute Gasteiger partial charge is 0.252 e. The van der Waals surface area contributed by atoms with E-state index in [1.165, 1.54) is 43.5 Å². The Morgan fingerprint density at radius 1 is 0.244 bits per heavy atom. The largest absolute Gasteiger partial charge is 0.456 e. The quantitative estimate of drug-likeness (QED) is 0.155. The van der Waals surface area contributed by atoms with Crippen molar-refractivity contribution < 1.29 is 4.74 Å². The third-order valence-electron chi connectivity index (χ3n) is 19.1. The number of benzene rings is 14. The van der Waals surface area contributed by atoms with Gasteiger partial charge in [0.25, 0.3) is 6.71 Å². The fraction of sp³-hybridized carbons (Fsp3) is 0. The molecule has 0 N–H and O–H groups in total. The van der Waals surface area contributed by atoms with E-state index in [2.05, 4.69) is 340 Å². The van der Waals surface area contributed by atoms with Gasteiger partial charge in [-0.05, 0) is 123 Å². The summed E-state index contributed by atoms with van der Waals surface area (Å²) in [6.07, 6.45) is 0. The summed E-state index contributed by atoms with van der Waals surface area (Å²) in [7, 11) is 0. The Bertz CT molecular complexity index is 5490. The van der Waals surface area contributed by atoms with Crippen molar-refractivity contribution in [3.63, 3.8) is 0 Å². The lowest BCUT2D eigenvalue weighted by molar-refractivity contribution is 0.486. The number of hydrogen-bond donors (Lipinski definition) is 0. The Kier molecular flexibility index (Phi) is 11.1. The first-order valence-electron chi connectivity index (χ1n) is 31.0. The van der Waals surface area contributed by atoms with Crippen molar-refractivity contribution in [2.75, 3.05) is 9.80 Å². The molecule has 0 saturated carbocycles. The highest BCUT2D eigenvalue weighted by Crippen LogP contribution is 2.56. The Labute approximate surface area is 521 Å². The highest BCUT2D eigenvalue weighted by molar-refractivity contribution is 7.00. The van der Waals surface area contributed by atoms with Crippen LogP contribution in [0.25, 0.3) is 111 Å². The van der Waals surface area contributed by atoms with Crippen LogP contribution in [0.4, 0.5) is 34.1 Å². The molecular weight excluding hydrogens is 1090 g/mol. The summed E-state index contributed by atoms with van der Waals surface area (Å²) in [6.45, 7) is -0.270. The van der Waals surface area contributed by atoms with Crippen molar-refractivity contribution in [3.05, 3.63) is 322 Å². The molecule has 418 valence electrons. The number of para-hydroxylation sites is 7. The van der Waals surface area contributed by atoms with E-state index in [0.717, 1.165) is 129 Å². The molecule has 14 aromatic carbocycles. The zero-order valence-corrected chi connectivity index (χ0v) is 48.9. The minimum atomic E-state index is -0.270. The van der Waals surface area contributed by atoms with E-state index in [4.69, 9.17) is 4.74 Å². The molecular formula is C84H53BN4O. The van der Waals surface area contributed by atoms with Crippen LogP contribution >= 0.6 is 0 Å². The van der Waals surface area contributed by atoms with Gasteiger partial charge in [-0.1, -0.05) is 243 Å². The molecule has 0 amide bonds. The Morgan fingerprint density at radius 2 is 0.678 bits per heavy atom. The zero-order chi connectivity index (χ0) is 59.0. The van der Waals surface area contributed by atoms with Crippen LogP contribution in [0.3, 0.4) is 0 Å². The number of rotatable bonds is 6. The first kappa shape index (κ1) is 50.3. The van der Waals surface area contributed by atoms with E-state index in [0.29, 0.717) is 0 Å². The molecule has 3 aliphatic rings. The fourth-order valence-corrected chi connectivity index (χ4v) is 15.2. The third kappa shape index (κ3) is 7.52. The molecule has 3 aliphatic heterocycles. The standard InChI is InChI=1S/C84H53BN4O/c1-4-23-54(24-5-1)56-43-45-59(46-44-56)86-77-51-60(87-73-37-16-10-29-63(73)64-30-11-17-38-74(64)87)47-48-71(77)85-72-50-58(55-25-6-2-7-26-55)49-70-68-34-15-21-42-81(68)90-80-41-20-14-33-67(80)69-36-22-35-62(57-27-8-3-9-28-57)83(69)89(84(70)72)79-53-61(52-78(86)82(79)85)88-75-39-18-12-31-65(75)66-32-13-19-40-76(66)88/h1-53H. The predicted octanol–water partition coefficient (Wildman–Crippen LogP) is 20.4. The van der Waals surface area contributed by atoms with Crippen molar-refractivity contribution in [3.8, 4) is 78.5 Å². The molecule has 6 heteroatoms. The molecule has 0 spiro atoms. The van der Waals surface area contributed by atoms with Crippen LogP contribution in [0.1, 0.15) is 0 Å². The lowest BCUT2D eigenvalue weighted by Gasteiger charge is -2.46. The molecule has 16 aromatic rings. The van der Waals surface area contributed by atoms with Gasteiger partial charge < -0.3 is 23.7 Å². The number of nitrogens with zero attached hydrogens (tertiary/aromatic N) is 4. The SMILES string of the molecule is c1ccc(-c2ccc(N3c4cc(-n5c6ccccc6c6ccccc65)ccc4B4c5cc(-c6ccccc6)cc6c5N(c5cc(-n7c8ccccc8c8ccccc87)cc3c54)c3c(-c4ccccc4)cccc3-c3ccccc3Oc3ccccc3-6)cc2)cc1. The van der Waals surface area contributed by atoms with Crippen LogP contribution in [0.5, 0.6) is 11.5 Å². The topological polar surface area (TPSA) is 25.6 Å². The Hall–Kier alpha value is -11.9. The van der Waals surface area contributed by atoms with Crippen LogP contribution in [0.15, 0.2) is 322 Å². The number of fused-ring (bicyclic) bond motifs is 16. The number of hydrogen-bond acceptors (Lipinski definition) is 3. The average Bonchev–Trinajstić information content (AvgIpc) is 0.736. The van der Waals surface area contributed by atoms with Crippen molar-refractivity contribution in [2.45, 2.75) is 0 Å². The number of aromatic nitrogens is 2. The highest BCUT2D eigenvalue weighted by Gasteiger charge is 2.47. The predicted molar refractivity (Wildman–Crippen MR) is 376 cm³/mol. The van der Waals surface area contributed by atoms with Gasteiger partial charge in [-0.3, -0.25) is 0 Å². The van der Waals surface area contributed by atoms with Gasteiger partial charge in [-0.2, -0.15) is 0 Å². The highest BCUT2D eigenvalue weighted by atomic mass is 16.5. The van der Waals surface area contributed by atoms with Crippen LogP contribution in [0.2, 0.25) is 0 Å². The number of anilines is 6. The summed E-state index contributed by atoms with van der Waals surface area (Å²) in [5.74, 6) is 1.57. The van der Waals surface area contributed by atoms with E-state index in [1.54, 1.807) is 0 Å². The van der Waals surface area contributed by atoms with Gasteiger partial charge in [0.1, 0.15) is 11.5 Å². The maximum Gasteiger partial charge on any atom is 0.252 e. The van der Waals surface area contributed by atoms with Crippen LogP contribution in [0, 0.1) is 0 Å². The molecule has 2 aromatic heterocycles. The summed E-state index contributed by atoms with van der Waals surface area (Å²) in [6, 6.07) is 119. The minimum Gasteiger partial charge on any atom is -0.456 e. The van der Waals surface area contributed by atoms with E-state index >= 15 is 0 Å². The molecule has 0 bridgehead atoms. The minimum absolute atomic E-state index is 0.270. The first-order valence-corrected chi connectivity index (χ1v) is 31.0. The lowest BCUT2D eigenvalue weighted by Crippen LogP contribution is -2.61. The summed E-state index contributed by atoms with van der Waals surface area (Å²) in [5, 5.41) is 4.86. The second kappa shape index (κ2) is 19.8. The maximum absolute atomic E-state index is 7.39. The normalized spacial score (nSPS) is 12.7. The summed E-state index contributed by atoms with van der Waals surface area (Å²) < 4.78 is 12.4. The van der Waals surface area contributed by atoms with E-state index < -0.39 is 0 Å². The Balaban J connectivity index is 1.01. The second-order valence-electron chi connectivity index (χ2n) is 23.9. The van der Waals surface area contributed by atoms with Gasteiger partial charge in [-0.15, -0.1) is 0 Å². The average molecular weight is 1150 g/mol. The third-order valence-corrected chi connectivity index (χ3v) is 19.1. The zero-order valence-electron chi connectivity index (χ0n) is 48.9. The fourth-order valence-electron chi connectivity index (χ4n) is 15.2. The second-order valence-corrected chi connectivity index (χ2v) is 23.9. The molecule has 0 atom stereocenters. The van der Waals surface area contributed by atoms with Gasteiger partial charge in [-0.25, -0.2) is 0 Å². The van der Waals surface area contributed by atoms with E-state index in [9.17, 15) is 0 Å². The molecule has 5 heterocycles. The monoisotopic (exact) mass is 1140 g/mol. The molecule has 0 radical (unpaired) electrons. The number of ether oxygens (including phenoxy) is 1. The summed E-state index contributed by atoms with van der Waals surface area (Å²) >= 11 is 0. The molecule has 0 aliphatic carbocycles. The van der Waals surface area contributed by atoms with Crippen LogP contribution in [-0.2, 0) is 0 Å². The van der Waals surface area contributed by atoms with Crippen molar-refractivity contribution >= 4 is 101 Å². The molecule has 0 saturated heterocycles. The molecule has 0 unspecified atom stereocenters. The van der Waals surface area contributed by atoms with E-state index in [1.807, 2.05) is 0 Å². The lowest BCUT2D eigenvalue weighted by atomic mass is 9.33. The van der Waals surface area contributed by atoms with Gasteiger partial charge in [0, 0.05) is 83.5 Å². The maximum atomic E-state index is 7.39. The van der Waals surface area contributed by atoms with Gasteiger partial charge in [0.05, 0.1) is 33.4 Å². The summed E-state index contributed by atoms with van der Waals surface area (Å²) in [5.41, 5.74) is 27.9. The molecule has 90 heavy (non-hydrogen) atoms. The van der Waals surface area contributed by atoms with Gasteiger partial charge >= 0.3 is 0 Å². The summed E-state index contributed by atoms with van der Waals surface area (Å²) in [4.78, 5) is 5.27. The van der Waals surface area contributed by atoms with Gasteiger partial charge in [0.15, 0.2) is 0 Å². The first-order chi connectivity index (χ1) is 44.7. The van der Waals surface area contributed by atoms with Crippen molar-refractivity contribution in [1.29, 1.82) is 0 Å².